The van der Waals surface area contributed by atoms with Crippen molar-refractivity contribution < 1.29 is 9.18 Å². The average Bonchev–Trinajstić information content (AvgIpc) is 3.23. The van der Waals surface area contributed by atoms with Crippen LogP contribution in [-0.4, -0.2) is 62.5 Å². The van der Waals surface area contributed by atoms with Gasteiger partial charge in [-0.1, -0.05) is 24.3 Å². The zero-order chi connectivity index (χ0) is 24.9. The summed E-state index contributed by atoms with van der Waals surface area (Å²) in [5.74, 6) is 0.333. The highest BCUT2D eigenvalue weighted by Gasteiger charge is 2.22. The molecule has 0 bridgehead atoms. The van der Waals surface area contributed by atoms with Crippen LogP contribution in [0.1, 0.15) is 28.8 Å². The van der Waals surface area contributed by atoms with E-state index in [4.69, 9.17) is 10.7 Å². The number of hydrogen-bond donors (Lipinski definition) is 3. The number of nitrogen functional groups attached to an aromatic ring is 1. The molecule has 2 aromatic heterocycles. The number of fused-ring (bicyclic) bond motifs is 1. The van der Waals surface area contributed by atoms with Gasteiger partial charge in [0.1, 0.15) is 17.7 Å². The van der Waals surface area contributed by atoms with Gasteiger partial charge in [0, 0.05) is 37.9 Å². The third kappa shape index (κ3) is 5.44. The number of aromatic nitrogens is 4. The van der Waals surface area contributed by atoms with Gasteiger partial charge in [0.25, 0.3) is 5.91 Å². The van der Waals surface area contributed by atoms with E-state index in [2.05, 4.69) is 25.5 Å². The number of nitrogens with two attached hydrogens (primary N) is 1. The third-order valence-corrected chi connectivity index (χ3v) is 6.50. The lowest BCUT2D eigenvalue weighted by atomic mass is 10.1. The normalized spacial score (nSPS) is 14.7. The molecule has 9 nitrogen and oxygen atoms in total. The molecule has 1 amide bonds. The van der Waals surface area contributed by atoms with Crippen molar-refractivity contribution in [1.29, 1.82) is 0 Å². The second-order valence-corrected chi connectivity index (χ2v) is 8.98. The van der Waals surface area contributed by atoms with E-state index >= 15 is 0 Å². The number of likely N-dealkylation sites (tertiary alicyclic amines) is 1. The maximum Gasteiger partial charge on any atom is 0.253 e. The molecule has 1 aliphatic rings. The van der Waals surface area contributed by atoms with E-state index in [0.29, 0.717) is 29.9 Å². The molecule has 4 N–H and O–H groups in total. The van der Waals surface area contributed by atoms with E-state index in [1.165, 1.54) is 18.5 Å². The first-order chi connectivity index (χ1) is 17.6. The van der Waals surface area contributed by atoms with Crippen LogP contribution in [-0.2, 0) is 6.54 Å². The van der Waals surface area contributed by atoms with Gasteiger partial charge >= 0.3 is 0 Å². The summed E-state index contributed by atoms with van der Waals surface area (Å²) >= 11 is 0. The Morgan fingerprint density at radius 3 is 2.67 bits per heavy atom. The average molecular weight is 489 g/mol. The van der Waals surface area contributed by atoms with Crippen molar-refractivity contribution in [3.63, 3.8) is 0 Å². The van der Waals surface area contributed by atoms with Crippen molar-refractivity contribution in [3.05, 3.63) is 78.0 Å². The summed E-state index contributed by atoms with van der Waals surface area (Å²) in [6.07, 6.45) is 5.11. The quantitative estimate of drug-likeness (QED) is 0.327. The Kier molecular flexibility index (Phi) is 7.03. The van der Waals surface area contributed by atoms with E-state index in [1.54, 1.807) is 30.5 Å². The number of amides is 1. The number of nitrogens with zero attached hydrogens (tertiary/aromatic N) is 5. The van der Waals surface area contributed by atoms with Gasteiger partial charge in [-0.25, -0.2) is 19.3 Å². The molecular weight excluding hydrogens is 459 g/mol. The molecule has 1 saturated heterocycles. The van der Waals surface area contributed by atoms with Gasteiger partial charge in [0.05, 0.1) is 18.3 Å². The predicted molar refractivity (Wildman–Crippen MR) is 137 cm³/mol. The highest BCUT2D eigenvalue weighted by molar-refractivity contribution is 5.99. The molecule has 0 unspecified atom stereocenters. The molecule has 5 rings (SSSR count). The number of nitrogens with one attached hydrogen (secondary N) is 2. The summed E-state index contributed by atoms with van der Waals surface area (Å²) in [5.41, 5.74) is 9.31. The Morgan fingerprint density at radius 1 is 1.11 bits per heavy atom. The third-order valence-electron chi connectivity index (χ3n) is 6.50. The number of piperidine rings is 1. The number of rotatable bonds is 8. The number of para-hydroxylation sites is 1. The number of imidazole rings is 1. The lowest BCUT2D eigenvalue weighted by Gasteiger charge is -2.32. The summed E-state index contributed by atoms with van der Waals surface area (Å²) < 4.78 is 15.4. The van der Waals surface area contributed by atoms with E-state index in [9.17, 15) is 9.18 Å². The van der Waals surface area contributed by atoms with Gasteiger partial charge < -0.3 is 21.3 Å². The summed E-state index contributed by atoms with van der Waals surface area (Å²) in [7, 11) is 0. The zero-order valence-electron chi connectivity index (χ0n) is 19.9. The second kappa shape index (κ2) is 10.7. The van der Waals surface area contributed by atoms with Gasteiger partial charge in [-0.05, 0) is 42.7 Å². The second-order valence-electron chi connectivity index (χ2n) is 8.98. The van der Waals surface area contributed by atoms with Crippen molar-refractivity contribution in [2.75, 3.05) is 37.2 Å². The van der Waals surface area contributed by atoms with E-state index in [0.717, 1.165) is 49.6 Å². The molecule has 36 heavy (non-hydrogen) atoms. The molecule has 3 heterocycles. The van der Waals surface area contributed by atoms with Gasteiger partial charge in [-0.2, -0.15) is 0 Å². The van der Waals surface area contributed by atoms with Crippen LogP contribution in [0.15, 0.2) is 61.1 Å². The molecule has 186 valence electrons. The molecule has 0 saturated carbocycles. The maximum atomic E-state index is 13.4. The van der Waals surface area contributed by atoms with Crippen LogP contribution in [0, 0.1) is 5.82 Å². The molecule has 0 atom stereocenters. The van der Waals surface area contributed by atoms with Gasteiger partial charge in [0.15, 0.2) is 5.65 Å². The predicted octanol–water partition coefficient (Wildman–Crippen LogP) is 2.90. The standard InChI is InChI=1S/C26H29FN8O/c27-19-7-5-18(6-8-19)16-35-24-23(15-29-17-31-24)33-26(35)32-20-9-12-34(13-10-20)14-11-30-25(36)21-3-1-2-4-22(21)28/h1-8,15,17,20H,9-14,16,28H2,(H,30,36)(H,32,33). The van der Waals surface area contributed by atoms with Crippen LogP contribution in [0.4, 0.5) is 16.0 Å². The minimum Gasteiger partial charge on any atom is -0.398 e. The number of carbonyl (C=O) groups excluding carboxylic acids is 1. The minimum atomic E-state index is -0.259. The van der Waals surface area contributed by atoms with Gasteiger partial charge in [0.2, 0.25) is 5.95 Å². The summed E-state index contributed by atoms with van der Waals surface area (Å²) in [6, 6.07) is 13.8. The molecular formula is C26H29FN8O. The van der Waals surface area contributed by atoms with Crippen molar-refractivity contribution in [1.82, 2.24) is 29.7 Å². The molecule has 4 aromatic rings. The highest BCUT2D eigenvalue weighted by Crippen LogP contribution is 2.22. The Balaban J connectivity index is 1.16. The van der Waals surface area contributed by atoms with Gasteiger partial charge in [-0.3, -0.25) is 9.36 Å². The van der Waals surface area contributed by atoms with Gasteiger partial charge in [-0.15, -0.1) is 0 Å². The molecule has 1 aliphatic heterocycles. The number of carbonyl (C=O) groups is 1. The fourth-order valence-electron chi connectivity index (χ4n) is 4.52. The first-order valence-electron chi connectivity index (χ1n) is 12.1. The van der Waals surface area contributed by atoms with E-state index in [-0.39, 0.29) is 17.8 Å². The van der Waals surface area contributed by atoms with E-state index in [1.807, 2.05) is 16.7 Å². The molecule has 10 heteroatoms. The first-order valence-corrected chi connectivity index (χ1v) is 12.1. The Morgan fingerprint density at radius 2 is 1.89 bits per heavy atom. The fraction of sp³-hybridized carbons (Fsp3) is 0.308. The number of benzene rings is 2. The summed E-state index contributed by atoms with van der Waals surface area (Å²) in [4.78, 5) is 28.0. The number of hydrogen-bond acceptors (Lipinski definition) is 7. The number of anilines is 2. The maximum absolute atomic E-state index is 13.4. The largest absolute Gasteiger partial charge is 0.398 e. The number of halogens is 1. The molecule has 0 radical (unpaired) electrons. The smallest absolute Gasteiger partial charge is 0.253 e. The molecule has 1 fully saturated rings. The molecule has 2 aromatic carbocycles. The van der Waals surface area contributed by atoms with Crippen LogP contribution in [0.5, 0.6) is 0 Å². The fourth-order valence-corrected chi connectivity index (χ4v) is 4.52. The first kappa shape index (κ1) is 23.7. The highest BCUT2D eigenvalue weighted by atomic mass is 19.1. The summed E-state index contributed by atoms with van der Waals surface area (Å²) in [5, 5.41) is 6.55. The SMILES string of the molecule is Nc1ccccc1C(=O)NCCN1CCC(Nc2nc3cncnc3n2Cc2ccc(F)cc2)CC1. The van der Waals surface area contributed by atoms with Crippen molar-refractivity contribution in [2.24, 2.45) is 0 Å². The lowest BCUT2D eigenvalue weighted by Crippen LogP contribution is -2.43. The summed E-state index contributed by atoms with van der Waals surface area (Å²) in [6.45, 7) is 3.71. The van der Waals surface area contributed by atoms with Crippen LogP contribution in [0.2, 0.25) is 0 Å². The Bertz CT molecular complexity index is 1330. The minimum absolute atomic E-state index is 0.146. The molecule has 0 aliphatic carbocycles. The monoisotopic (exact) mass is 488 g/mol. The lowest BCUT2D eigenvalue weighted by molar-refractivity contribution is 0.0947. The Labute approximate surface area is 208 Å². The van der Waals surface area contributed by atoms with Crippen molar-refractivity contribution >= 4 is 28.7 Å². The van der Waals surface area contributed by atoms with E-state index < -0.39 is 0 Å². The zero-order valence-corrected chi connectivity index (χ0v) is 19.9. The van der Waals surface area contributed by atoms with Crippen LogP contribution < -0.4 is 16.4 Å². The van der Waals surface area contributed by atoms with Crippen molar-refractivity contribution in [3.8, 4) is 0 Å². The topological polar surface area (TPSA) is 114 Å². The van der Waals surface area contributed by atoms with Crippen LogP contribution in [0.25, 0.3) is 11.2 Å². The Hall–Kier alpha value is -4.05. The van der Waals surface area contributed by atoms with Crippen molar-refractivity contribution in [2.45, 2.75) is 25.4 Å². The molecule has 0 spiro atoms. The van der Waals surface area contributed by atoms with Crippen LogP contribution in [0.3, 0.4) is 0 Å². The van der Waals surface area contributed by atoms with Crippen LogP contribution >= 0.6 is 0 Å².